The van der Waals surface area contributed by atoms with Gasteiger partial charge in [0.1, 0.15) is 0 Å². The van der Waals surface area contributed by atoms with Crippen LogP contribution in [0.15, 0.2) is 23.1 Å². The number of rotatable bonds is 4. The molecule has 0 amide bonds. The minimum absolute atomic E-state index is 0.0111. The molecule has 2 rings (SSSR count). The lowest BCUT2D eigenvalue weighted by atomic mass is 10.3. The van der Waals surface area contributed by atoms with E-state index < -0.39 is 15.8 Å². The normalized spacial score (nSPS) is 17.1. The first kappa shape index (κ1) is 14.3. The van der Waals surface area contributed by atoms with E-state index in [1.165, 1.54) is 16.4 Å². The first-order chi connectivity index (χ1) is 8.91. The summed E-state index contributed by atoms with van der Waals surface area (Å²) in [6.45, 7) is 4.59. The predicted molar refractivity (Wildman–Crippen MR) is 70.2 cm³/mol. The monoisotopic (exact) mass is 287 g/mol. The van der Waals surface area contributed by atoms with Crippen molar-refractivity contribution in [1.82, 2.24) is 4.31 Å². The Labute approximate surface area is 113 Å². The third kappa shape index (κ3) is 3.06. The van der Waals surface area contributed by atoms with Crippen LogP contribution in [0.2, 0.25) is 0 Å². The Morgan fingerprint density at radius 1 is 1.26 bits per heavy atom. The molecular weight excluding hydrogens is 269 g/mol. The van der Waals surface area contributed by atoms with Crippen LogP contribution in [0, 0.1) is 5.82 Å². The van der Waals surface area contributed by atoms with Gasteiger partial charge in [-0.25, -0.2) is 12.8 Å². The molecule has 1 aliphatic rings. The molecule has 0 N–H and O–H groups in total. The van der Waals surface area contributed by atoms with Crippen molar-refractivity contribution in [3.05, 3.63) is 24.0 Å². The molecule has 0 spiro atoms. The van der Waals surface area contributed by atoms with E-state index in [4.69, 9.17) is 4.74 Å². The molecule has 4 nitrogen and oxygen atoms in total. The van der Waals surface area contributed by atoms with Crippen LogP contribution in [0.5, 0.6) is 5.75 Å². The van der Waals surface area contributed by atoms with E-state index in [0.717, 1.165) is 18.9 Å². The smallest absolute Gasteiger partial charge is 0.243 e. The van der Waals surface area contributed by atoms with E-state index in [-0.39, 0.29) is 16.7 Å². The largest absolute Gasteiger partial charge is 0.488 e. The lowest BCUT2D eigenvalue weighted by Gasteiger charge is -2.16. The maximum atomic E-state index is 13.8. The molecular formula is C13H18FNO3S. The van der Waals surface area contributed by atoms with E-state index in [2.05, 4.69) is 0 Å². The molecule has 1 aliphatic heterocycles. The second-order valence-corrected chi connectivity index (χ2v) is 6.81. The molecule has 6 heteroatoms. The van der Waals surface area contributed by atoms with Gasteiger partial charge in [-0.15, -0.1) is 0 Å². The van der Waals surface area contributed by atoms with E-state index in [1.807, 2.05) is 0 Å². The Balaban J connectivity index is 2.28. The first-order valence-corrected chi connectivity index (χ1v) is 7.81. The Hall–Kier alpha value is -1.14. The highest BCUT2D eigenvalue weighted by atomic mass is 32.2. The van der Waals surface area contributed by atoms with Crippen LogP contribution in [0.4, 0.5) is 4.39 Å². The molecule has 0 aromatic heterocycles. The summed E-state index contributed by atoms with van der Waals surface area (Å²) in [5, 5.41) is 0. The number of hydrogen-bond donors (Lipinski definition) is 0. The van der Waals surface area contributed by atoms with Crippen molar-refractivity contribution >= 4 is 10.0 Å². The molecule has 19 heavy (non-hydrogen) atoms. The Morgan fingerprint density at radius 2 is 1.89 bits per heavy atom. The molecule has 0 unspecified atom stereocenters. The molecule has 1 aromatic rings. The molecule has 1 aromatic carbocycles. The summed E-state index contributed by atoms with van der Waals surface area (Å²) < 4.78 is 44.9. The van der Waals surface area contributed by atoms with Crippen LogP contribution in [0.1, 0.15) is 26.7 Å². The fraction of sp³-hybridized carbons (Fsp3) is 0.538. The summed E-state index contributed by atoms with van der Waals surface area (Å²) in [6, 6.07) is 3.80. The average molecular weight is 287 g/mol. The maximum absolute atomic E-state index is 13.8. The van der Waals surface area contributed by atoms with Crippen molar-refractivity contribution in [3.8, 4) is 5.75 Å². The Morgan fingerprint density at radius 3 is 2.42 bits per heavy atom. The van der Waals surface area contributed by atoms with Gasteiger partial charge in [0, 0.05) is 13.1 Å². The maximum Gasteiger partial charge on any atom is 0.243 e. The molecule has 0 saturated carbocycles. The number of hydrogen-bond acceptors (Lipinski definition) is 3. The summed E-state index contributed by atoms with van der Waals surface area (Å²) >= 11 is 0. The fourth-order valence-electron chi connectivity index (χ4n) is 2.07. The van der Waals surface area contributed by atoms with E-state index >= 15 is 0 Å². The molecule has 0 bridgehead atoms. The van der Waals surface area contributed by atoms with Gasteiger partial charge < -0.3 is 4.74 Å². The zero-order chi connectivity index (χ0) is 14.0. The van der Waals surface area contributed by atoms with Gasteiger partial charge >= 0.3 is 0 Å². The van der Waals surface area contributed by atoms with E-state index in [9.17, 15) is 12.8 Å². The molecule has 0 atom stereocenters. The first-order valence-electron chi connectivity index (χ1n) is 6.37. The number of ether oxygens (including phenoxy) is 1. The van der Waals surface area contributed by atoms with Gasteiger partial charge in [0.2, 0.25) is 10.0 Å². The number of halogens is 1. The van der Waals surface area contributed by atoms with E-state index in [0.29, 0.717) is 13.1 Å². The minimum Gasteiger partial charge on any atom is -0.488 e. The van der Waals surface area contributed by atoms with Gasteiger partial charge in [0.15, 0.2) is 11.6 Å². The molecule has 106 valence electrons. The SMILES string of the molecule is CC(C)Oc1ccc(S(=O)(=O)N2CCCC2)cc1F. The van der Waals surface area contributed by atoms with E-state index in [1.54, 1.807) is 13.8 Å². The molecule has 0 radical (unpaired) electrons. The van der Waals surface area contributed by atoms with Gasteiger partial charge in [-0.2, -0.15) is 4.31 Å². The van der Waals surface area contributed by atoms with Gasteiger partial charge in [0.25, 0.3) is 0 Å². The van der Waals surface area contributed by atoms with Gasteiger partial charge in [0.05, 0.1) is 11.0 Å². The summed E-state index contributed by atoms with van der Waals surface area (Å²) in [6.07, 6.45) is 1.56. The highest BCUT2D eigenvalue weighted by Gasteiger charge is 2.27. The van der Waals surface area contributed by atoms with Crippen LogP contribution >= 0.6 is 0 Å². The number of nitrogens with zero attached hydrogens (tertiary/aromatic N) is 1. The van der Waals surface area contributed by atoms with Crippen molar-refractivity contribution in [3.63, 3.8) is 0 Å². The lowest BCUT2D eigenvalue weighted by molar-refractivity contribution is 0.231. The Kier molecular flexibility index (Phi) is 4.10. The zero-order valence-electron chi connectivity index (χ0n) is 11.1. The number of sulfonamides is 1. The van der Waals surface area contributed by atoms with Crippen LogP contribution in [-0.4, -0.2) is 31.9 Å². The molecule has 1 heterocycles. The summed E-state index contributed by atoms with van der Waals surface area (Å²) in [7, 11) is -3.57. The van der Waals surface area contributed by atoms with Crippen LogP contribution in [0.3, 0.4) is 0 Å². The third-order valence-electron chi connectivity index (χ3n) is 2.97. The van der Waals surface area contributed by atoms with Crippen molar-refractivity contribution in [2.24, 2.45) is 0 Å². The summed E-state index contributed by atoms with van der Waals surface area (Å²) in [4.78, 5) is -0.0111. The number of benzene rings is 1. The lowest BCUT2D eigenvalue weighted by Crippen LogP contribution is -2.27. The summed E-state index contributed by atoms with van der Waals surface area (Å²) in [5.41, 5.74) is 0. The quantitative estimate of drug-likeness (QED) is 0.854. The molecule has 1 saturated heterocycles. The zero-order valence-corrected chi connectivity index (χ0v) is 11.9. The van der Waals surface area contributed by atoms with Crippen LogP contribution in [0.25, 0.3) is 0 Å². The second kappa shape index (κ2) is 5.46. The second-order valence-electron chi connectivity index (χ2n) is 4.87. The molecule has 0 aliphatic carbocycles. The highest BCUT2D eigenvalue weighted by Crippen LogP contribution is 2.26. The van der Waals surface area contributed by atoms with Gasteiger partial charge in [-0.1, -0.05) is 0 Å². The van der Waals surface area contributed by atoms with Gasteiger partial charge in [-0.05, 0) is 44.9 Å². The molecule has 1 fully saturated rings. The topological polar surface area (TPSA) is 46.6 Å². The van der Waals surface area contributed by atoms with Crippen LogP contribution in [-0.2, 0) is 10.0 Å². The van der Waals surface area contributed by atoms with Crippen molar-refractivity contribution in [2.45, 2.75) is 37.7 Å². The van der Waals surface area contributed by atoms with Crippen molar-refractivity contribution in [2.75, 3.05) is 13.1 Å². The minimum atomic E-state index is -3.57. The van der Waals surface area contributed by atoms with Crippen molar-refractivity contribution < 1.29 is 17.5 Å². The van der Waals surface area contributed by atoms with Crippen LogP contribution < -0.4 is 4.74 Å². The van der Waals surface area contributed by atoms with Gasteiger partial charge in [-0.3, -0.25) is 0 Å². The average Bonchev–Trinajstić information content (AvgIpc) is 2.85. The Bertz CT molecular complexity index is 551. The predicted octanol–water partition coefficient (Wildman–Crippen LogP) is 2.40. The standard InChI is InChI=1S/C13H18FNO3S/c1-10(2)18-13-6-5-11(9-12(13)14)19(16,17)15-7-3-4-8-15/h5-6,9-10H,3-4,7-8H2,1-2H3. The highest BCUT2D eigenvalue weighted by molar-refractivity contribution is 7.89. The summed E-state index contributed by atoms with van der Waals surface area (Å²) in [5.74, 6) is -0.565. The van der Waals surface area contributed by atoms with Crippen molar-refractivity contribution in [1.29, 1.82) is 0 Å². The third-order valence-corrected chi connectivity index (χ3v) is 4.86. The fourth-order valence-corrected chi connectivity index (χ4v) is 3.60.